The zero-order valence-corrected chi connectivity index (χ0v) is 16.7. The number of rotatable bonds is 2. The Morgan fingerprint density at radius 3 is 2.52 bits per heavy atom. The molecule has 4 aliphatic rings. The number of carbonyl (C=O) groups is 3. The molecular weight excluding hydrogens is 342 g/mol. The van der Waals surface area contributed by atoms with Gasteiger partial charge in [-0.05, 0) is 74.2 Å². The summed E-state index contributed by atoms with van der Waals surface area (Å²) >= 11 is 0. The second kappa shape index (κ2) is 6.46. The summed E-state index contributed by atoms with van der Waals surface area (Å²) in [5.41, 5.74) is 1.44. The van der Waals surface area contributed by atoms with Crippen molar-refractivity contribution in [2.24, 2.45) is 28.6 Å². The van der Waals surface area contributed by atoms with Gasteiger partial charge in [-0.15, -0.1) is 0 Å². The first-order chi connectivity index (χ1) is 12.8. The molecule has 5 nitrogen and oxygen atoms in total. The molecule has 1 amide bonds. The minimum atomic E-state index is -0.530. The maximum absolute atomic E-state index is 12.6. The van der Waals surface area contributed by atoms with Crippen molar-refractivity contribution in [3.63, 3.8) is 0 Å². The molecule has 1 N–H and O–H groups in total. The Morgan fingerprint density at radius 1 is 1.04 bits per heavy atom. The molecule has 27 heavy (non-hydrogen) atoms. The summed E-state index contributed by atoms with van der Waals surface area (Å²) in [4.78, 5) is 37.1. The fourth-order valence-corrected chi connectivity index (χ4v) is 6.90. The van der Waals surface area contributed by atoms with Crippen LogP contribution >= 0.6 is 0 Å². The van der Waals surface area contributed by atoms with Crippen molar-refractivity contribution < 1.29 is 19.1 Å². The Morgan fingerprint density at radius 2 is 1.78 bits per heavy atom. The van der Waals surface area contributed by atoms with E-state index < -0.39 is 6.09 Å². The predicted octanol–water partition coefficient (Wildman–Crippen LogP) is 4.16. The molecule has 5 heteroatoms. The van der Waals surface area contributed by atoms with Gasteiger partial charge in [0, 0.05) is 18.3 Å². The second-order valence-corrected chi connectivity index (χ2v) is 9.37. The molecule has 0 saturated heterocycles. The van der Waals surface area contributed by atoms with Gasteiger partial charge in [0.1, 0.15) is 5.78 Å². The van der Waals surface area contributed by atoms with E-state index in [1.54, 1.807) is 6.92 Å². The van der Waals surface area contributed by atoms with Crippen LogP contribution in [0, 0.1) is 28.6 Å². The van der Waals surface area contributed by atoms with Crippen molar-refractivity contribution in [1.82, 2.24) is 5.32 Å². The van der Waals surface area contributed by atoms with Crippen LogP contribution in [0.1, 0.15) is 72.1 Å². The normalized spacial score (nSPS) is 40.9. The molecule has 5 atom stereocenters. The lowest BCUT2D eigenvalue weighted by Crippen LogP contribution is -2.52. The number of amides is 1. The van der Waals surface area contributed by atoms with E-state index in [1.165, 1.54) is 0 Å². The van der Waals surface area contributed by atoms with Crippen LogP contribution in [0.5, 0.6) is 0 Å². The van der Waals surface area contributed by atoms with Crippen LogP contribution < -0.4 is 5.32 Å². The summed E-state index contributed by atoms with van der Waals surface area (Å²) in [5, 5.41) is 2.77. The highest BCUT2D eigenvalue weighted by Gasteiger charge is 2.59. The van der Waals surface area contributed by atoms with E-state index in [0.717, 1.165) is 50.5 Å². The first-order valence-corrected chi connectivity index (χ1v) is 10.5. The molecule has 0 aromatic carbocycles. The average molecular weight is 373 g/mol. The number of ether oxygens (including phenoxy) is 1. The largest absolute Gasteiger partial charge is 0.450 e. The van der Waals surface area contributed by atoms with Crippen molar-refractivity contribution in [2.45, 2.75) is 72.1 Å². The fourth-order valence-electron chi connectivity index (χ4n) is 6.90. The quantitative estimate of drug-likeness (QED) is 0.789. The van der Waals surface area contributed by atoms with Crippen molar-refractivity contribution in [1.29, 1.82) is 0 Å². The van der Waals surface area contributed by atoms with E-state index in [1.807, 2.05) is 0 Å². The number of hydrogen-bond donors (Lipinski definition) is 1. The predicted molar refractivity (Wildman–Crippen MR) is 101 cm³/mol. The third-order valence-corrected chi connectivity index (χ3v) is 8.34. The van der Waals surface area contributed by atoms with Crippen LogP contribution in [0.3, 0.4) is 0 Å². The molecule has 148 valence electrons. The SMILES string of the molecule is CCOC(=O)NC1=C2CC[C@@H]3[C@@H](CC[C@]4(C)C(=O)CC[C@@H]34)[C@@]2(C)CCC1=O. The Kier molecular flexibility index (Phi) is 4.47. The van der Waals surface area contributed by atoms with Crippen molar-refractivity contribution >= 4 is 17.7 Å². The summed E-state index contributed by atoms with van der Waals surface area (Å²) in [6.07, 6.45) is 6.43. The van der Waals surface area contributed by atoms with Gasteiger partial charge in [-0.2, -0.15) is 0 Å². The minimum absolute atomic E-state index is 0.0330. The highest BCUT2D eigenvalue weighted by Crippen LogP contribution is 2.64. The average Bonchev–Trinajstić information content (AvgIpc) is 2.93. The van der Waals surface area contributed by atoms with Gasteiger partial charge in [-0.3, -0.25) is 14.9 Å². The number of allylic oxidation sites excluding steroid dienone is 1. The molecule has 4 aliphatic carbocycles. The van der Waals surface area contributed by atoms with E-state index in [0.29, 0.717) is 42.3 Å². The maximum atomic E-state index is 12.6. The zero-order chi connectivity index (χ0) is 19.4. The van der Waals surface area contributed by atoms with Crippen LogP contribution in [-0.4, -0.2) is 24.3 Å². The van der Waals surface area contributed by atoms with Crippen LogP contribution in [0.2, 0.25) is 0 Å². The van der Waals surface area contributed by atoms with E-state index >= 15 is 0 Å². The molecule has 0 unspecified atom stereocenters. The number of fused-ring (bicyclic) bond motifs is 5. The lowest BCUT2D eigenvalue weighted by atomic mass is 9.47. The van der Waals surface area contributed by atoms with Crippen molar-refractivity contribution in [2.75, 3.05) is 6.61 Å². The maximum Gasteiger partial charge on any atom is 0.411 e. The topological polar surface area (TPSA) is 72.5 Å². The number of ketones is 2. The van der Waals surface area contributed by atoms with E-state index in [2.05, 4.69) is 19.2 Å². The molecule has 4 rings (SSSR count). The molecular formula is C22H31NO4. The van der Waals surface area contributed by atoms with Crippen molar-refractivity contribution in [3.05, 3.63) is 11.3 Å². The molecule has 0 spiro atoms. The third-order valence-electron chi connectivity index (χ3n) is 8.34. The van der Waals surface area contributed by atoms with Gasteiger partial charge in [-0.25, -0.2) is 4.79 Å². The Bertz CT molecular complexity index is 726. The van der Waals surface area contributed by atoms with Crippen molar-refractivity contribution in [3.8, 4) is 0 Å². The van der Waals surface area contributed by atoms with Gasteiger partial charge in [0.15, 0.2) is 5.78 Å². The zero-order valence-electron chi connectivity index (χ0n) is 16.7. The second-order valence-electron chi connectivity index (χ2n) is 9.37. The summed E-state index contributed by atoms with van der Waals surface area (Å²) < 4.78 is 5.02. The third kappa shape index (κ3) is 2.68. The summed E-state index contributed by atoms with van der Waals surface area (Å²) in [6, 6.07) is 0. The molecule has 0 heterocycles. The number of nitrogens with one attached hydrogen (secondary N) is 1. The molecule has 3 fully saturated rings. The number of carbonyl (C=O) groups excluding carboxylic acids is 3. The molecule has 0 aliphatic heterocycles. The highest BCUT2D eigenvalue weighted by atomic mass is 16.5. The van der Waals surface area contributed by atoms with Crippen LogP contribution in [0.4, 0.5) is 4.79 Å². The summed E-state index contributed by atoms with van der Waals surface area (Å²) in [6.45, 7) is 6.53. The molecule has 0 bridgehead atoms. The van der Waals surface area contributed by atoms with Gasteiger partial charge >= 0.3 is 6.09 Å². The monoisotopic (exact) mass is 373 g/mol. The van der Waals surface area contributed by atoms with Crippen LogP contribution in [0.25, 0.3) is 0 Å². The lowest BCUT2D eigenvalue weighted by Gasteiger charge is -2.57. The van der Waals surface area contributed by atoms with E-state index in [-0.39, 0.29) is 16.6 Å². The smallest absolute Gasteiger partial charge is 0.411 e. The molecule has 0 radical (unpaired) electrons. The Labute approximate surface area is 161 Å². The minimum Gasteiger partial charge on any atom is -0.450 e. The van der Waals surface area contributed by atoms with Gasteiger partial charge in [0.05, 0.1) is 12.3 Å². The van der Waals surface area contributed by atoms with E-state index in [9.17, 15) is 14.4 Å². The van der Waals surface area contributed by atoms with Gasteiger partial charge in [0.2, 0.25) is 0 Å². The van der Waals surface area contributed by atoms with Gasteiger partial charge < -0.3 is 4.74 Å². The standard InChI is InChI=1S/C22H31NO4/c1-4-27-20(26)23-19-16-6-5-13-14-7-8-18(25)22(14,3)11-9-15(13)21(16,2)12-10-17(19)24/h13-15H,4-12H2,1-3H3,(H,23,26)/t13-,14-,15+,21+,22-/m0/s1. The van der Waals surface area contributed by atoms with Crippen LogP contribution in [0.15, 0.2) is 11.3 Å². The molecule has 0 aromatic heterocycles. The van der Waals surface area contributed by atoms with Gasteiger partial charge in [-0.1, -0.05) is 13.8 Å². The highest BCUT2D eigenvalue weighted by molar-refractivity contribution is 5.99. The number of Topliss-reactive ketones (excluding diaryl/α,β-unsaturated/α-hetero) is 2. The number of hydrogen-bond acceptors (Lipinski definition) is 4. The van der Waals surface area contributed by atoms with Crippen LogP contribution in [-0.2, 0) is 14.3 Å². The summed E-state index contributed by atoms with van der Waals surface area (Å²) in [5.74, 6) is 2.03. The molecule has 3 saturated carbocycles. The Balaban J connectivity index is 1.67. The Hall–Kier alpha value is -1.65. The molecule has 0 aromatic rings. The first kappa shape index (κ1) is 18.7. The summed E-state index contributed by atoms with van der Waals surface area (Å²) in [7, 11) is 0. The van der Waals surface area contributed by atoms with Gasteiger partial charge in [0.25, 0.3) is 0 Å². The lowest BCUT2D eigenvalue weighted by molar-refractivity contribution is -0.132. The van der Waals surface area contributed by atoms with E-state index in [4.69, 9.17) is 4.74 Å². The number of alkyl carbamates (subject to hydrolysis) is 1. The first-order valence-electron chi connectivity index (χ1n) is 10.5. The fraction of sp³-hybridized carbons (Fsp3) is 0.773.